The molecule has 0 aliphatic heterocycles. The molecule has 1 heterocycles. The largest absolute Gasteiger partial charge is 0.390 e. The Morgan fingerprint density at radius 1 is 1.28 bits per heavy atom. The van der Waals surface area contributed by atoms with Gasteiger partial charge < -0.3 is 14.8 Å². The molecule has 1 aliphatic carbocycles. The minimum Gasteiger partial charge on any atom is -0.390 e. The first-order valence-corrected chi connectivity index (χ1v) is 7.07. The fraction of sp³-hybridized carbons (Fsp3) is 0.786. The van der Waals surface area contributed by atoms with Crippen molar-refractivity contribution in [1.82, 2.24) is 9.55 Å². The molecule has 0 bridgehead atoms. The van der Waals surface area contributed by atoms with Crippen molar-refractivity contribution in [2.24, 2.45) is 5.92 Å². The lowest BCUT2D eigenvalue weighted by Gasteiger charge is -2.36. The van der Waals surface area contributed by atoms with Crippen LogP contribution >= 0.6 is 0 Å². The van der Waals surface area contributed by atoms with Crippen molar-refractivity contribution < 1.29 is 10.2 Å². The fourth-order valence-electron chi connectivity index (χ4n) is 3.09. The Hall–Kier alpha value is -0.870. The molecule has 0 saturated heterocycles. The Balaban J connectivity index is 2.16. The quantitative estimate of drug-likeness (QED) is 0.844. The van der Waals surface area contributed by atoms with Crippen LogP contribution in [0, 0.1) is 5.92 Å². The second-order valence-corrected chi connectivity index (χ2v) is 5.36. The molecule has 0 amide bonds. The number of aliphatic hydroxyl groups excluding tert-OH is 2. The number of hydrogen-bond acceptors (Lipinski definition) is 3. The van der Waals surface area contributed by atoms with Crippen LogP contribution in [0.2, 0.25) is 0 Å². The molecule has 3 atom stereocenters. The summed E-state index contributed by atoms with van der Waals surface area (Å²) >= 11 is 0. The summed E-state index contributed by atoms with van der Waals surface area (Å²) in [7, 11) is 0. The normalized spacial score (nSPS) is 22.6. The maximum atomic E-state index is 10.4. The van der Waals surface area contributed by atoms with Crippen LogP contribution in [0.5, 0.6) is 0 Å². The smallest absolute Gasteiger partial charge is 0.101 e. The van der Waals surface area contributed by atoms with E-state index in [4.69, 9.17) is 0 Å². The van der Waals surface area contributed by atoms with E-state index in [0.29, 0.717) is 12.3 Å². The summed E-state index contributed by atoms with van der Waals surface area (Å²) in [5.41, 5.74) is 0. The zero-order valence-corrected chi connectivity index (χ0v) is 11.1. The molecule has 1 aromatic rings. The predicted molar refractivity (Wildman–Crippen MR) is 70.1 cm³/mol. The third-order valence-electron chi connectivity index (χ3n) is 4.16. The van der Waals surface area contributed by atoms with Gasteiger partial charge in [-0.2, -0.15) is 0 Å². The summed E-state index contributed by atoms with van der Waals surface area (Å²) in [5.74, 6) is 0.448. The van der Waals surface area contributed by atoms with Crippen LogP contribution in [-0.4, -0.2) is 32.0 Å². The van der Waals surface area contributed by atoms with E-state index in [9.17, 15) is 10.2 Å². The highest BCUT2D eigenvalue weighted by Gasteiger charge is 2.33. The van der Waals surface area contributed by atoms with E-state index >= 15 is 0 Å². The van der Waals surface area contributed by atoms with Crippen LogP contribution in [0.4, 0.5) is 0 Å². The van der Waals surface area contributed by atoms with E-state index in [1.165, 1.54) is 19.3 Å². The molecular formula is C14H24N2O2. The molecule has 2 N–H and O–H groups in total. The standard InChI is InChI=1S/C14H24N2O2/c1-2-12(17)14(18)13(16-9-8-15-10-16)11-6-4-3-5-7-11/h8-14,17-18H,2-7H2,1H3. The van der Waals surface area contributed by atoms with E-state index in [-0.39, 0.29) is 6.04 Å². The molecule has 1 aliphatic rings. The monoisotopic (exact) mass is 252 g/mol. The molecule has 0 spiro atoms. The lowest BCUT2D eigenvalue weighted by molar-refractivity contribution is -0.0350. The third kappa shape index (κ3) is 2.93. The summed E-state index contributed by atoms with van der Waals surface area (Å²) in [6, 6.07) is -0.0391. The fourth-order valence-corrected chi connectivity index (χ4v) is 3.09. The first-order chi connectivity index (χ1) is 8.74. The van der Waals surface area contributed by atoms with Crippen molar-refractivity contribution in [2.45, 2.75) is 63.7 Å². The molecule has 0 radical (unpaired) electrons. The zero-order chi connectivity index (χ0) is 13.0. The highest BCUT2D eigenvalue weighted by Crippen LogP contribution is 2.36. The average molecular weight is 252 g/mol. The second kappa shape index (κ2) is 6.34. The van der Waals surface area contributed by atoms with Gasteiger partial charge in [-0.1, -0.05) is 26.2 Å². The number of imidazole rings is 1. The lowest BCUT2D eigenvalue weighted by Crippen LogP contribution is -2.39. The minimum atomic E-state index is -0.702. The molecule has 102 valence electrons. The Kier molecular flexibility index (Phi) is 4.78. The maximum Gasteiger partial charge on any atom is 0.101 e. The van der Waals surface area contributed by atoms with Crippen molar-refractivity contribution in [3.63, 3.8) is 0 Å². The zero-order valence-electron chi connectivity index (χ0n) is 11.1. The van der Waals surface area contributed by atoms with E-state index in [1.807, 2.05) is 17.7 Å². The highest BCUT2D eigenvalue weighted by atomic mass is 16.3. The molecule has 4 heteroatoms. The van der Waals surface area contributed by atoms with Gasteiger partial charge in [0.05, 0.1) is 18.5 Å². The van der Waals surface area contributed by atoms with Gasteiger partial charge in [0.2, 0.25) is 0 Å². The molecule has 1 saturated carbocycles. The average Bonchev–Trinajstić information content (AvgIpc) is 2.93. The van der Waals surface area contributed by atoms with Crippen LogP contribution < -0.4 is 0 Å². The van der Waals surface area contributed by atoms with Crippen molar-refractivity contribution in [3.05, 3.63) is 18.7 Å². The van der Waals surface area contributed by atoms with Gasteiger partial charge in [-0.25, -0.2) is 4.98 Å². The molecule has 18 heavy (non-hydrogen) atoms. The molecule has 2 rings (SSSR count). The molecule has 1 aromatic heterocycles. The summed E-state index contributed by atoms with van der Waals surface area (Å²) in [5, 5.41) is 20.3. The van der Waals surface area contributed by atoms with Gasteiger partial charge in [-0.3, -0.25) is 0 Å². The van der Waals surface area contributed by atoms with Gasteiger partial charge in [0.15, 0.2) is 0 Å². The minimum absolute atomic E-state index is 0.0391. The molecule has 0 aromatic carbocycles. The SMILES string of the molecule is CCC(O)C(O)C(C1CCCCC1)n1ccnc1. The number of hydrogen-bond donors (Lipinski definition) is 2. The van der Waals surface area contributed by atoms with Gasteiger partial charge in [0.25, 0.3) is 0 Å². The topological polar surface area (TPSA) is 58.3 Å². The Morgan fingerprint density at radius 3 is 2.56 bits per heavy atom. The van der Waals surface area contributed by atoms with Crippen LogP contribution in [0.1, 0.15) is 51.5 Å². The van der Waals surface area contributed by atoms with Gasteiger partial charge >= 0.3 is 0 Å². The molecular weight excluding hydrogens is 228 g/mol. The molecule has 1 fully saturated rings. The lowest BCUT2D eigenvalue weighted by atomic mass is 9.80. The van der Waals surface area contributed by atoms with Crippen molar-refractivity contribution in [1.29, 1.82) is 0 Å². The van der Waals surface area contributed by atoms with Crippen LogP contribution in [0.3, 0.4) is 0 Å². The summed E-state index contributed by atoms with van der Waals surface area (Å²) in [6.45, 7) is 1.90. The number of nitrogens with zero attached hydrogens (tertiary/aromatic N) is 2. The van der Waals surface area contributed by atoms with Crippen molar-refractivity contribution in [2.75, 3.05) is 0 Å². The number of aliphatic hydroxyl groups is 2. The first kappa shape index (κ1) is 13.6. The van der Waals surface area contributed by atoms with Crippen LogP contribution in [0.15, 0.2) is 18.7 Å². The number of rotatable bonds is 5. The summed E-state index contributed by atoms with van der Waals surface area (Å²) < 4.78 is 1.97. The van der Waals surface area contributed by atoms with E-state index < -0.39 is 12.2 Å². The van der Waals surface area contributed by atoms with E-state index in [1.54, 1.807) is 12.5 Å². The van der Waals surface area contributed by atoms with Gasteiger partial charge in [0.1, 0.15) is 6.10 Å². The summed E-state index contributed by atoms with van der Waals surface area (Å²) in [6.07, 6.45) is 10.6. The maximum absolute atomic E-state index is 10.4. The van der Waals surface area contributed by atoms with Crippen molar-refractivity contribution >= 4 is 0 Å². The Morgan fingerprint density at radius 2 is 2.00 bits per heavy atom. The van der Waals surface area contributed by atoms with Crippen LogP contribution in [0.25, 0.3) is 0 Å². The van der Waals surface area contributed by atoms with E-state index in [2.05, 4.69) is 4.98 Å². The Bertz CT molecular complexity index is 332. The van der Waals surface area contributed by atoms with Gasteiger partial charge in [0, 0.05) is 12.4 Å². The highest BCUT2D eigenvalue weighted by molar-refractivity contribution is 4.91. The van der Waals surface area contributed by atoms with Crippen molar-refractivity contribution in [3.8, 4) is 0 Å². The molecule has 4 nitrogen and oxygen atoms in total. The van der Waals surface area contributed by atoms with Gasteiger partial charge in [-0.15, -0.1) is 0 Å². The van der Waals surface area contributed by atoms with E-state index in [0.717, 1.165) is 12.8 Å². The number of aromatic nitrogens is 2. The predicted octanol–water partition coefficient (Wildman–Crippen LogP) is 2.14. The Labute approximate surface area is 109 Å². The second-order valence-electron chi connectivity index (χ2n) is 5.36. The summed E-state index contributed by atoms with van der Waals surface area (Å²) in [4.78, 5) is 4.08. The van der Waals surface area contributed by atoms with Gasteiger partial charge in [-0.05, 0) is 25.2 Å². The molecule has 3 unspecified atom stereocenters. The first-order valence-electron chi connectivity index (χ1n) is 7.07. The third-order valence-corrected chi connectivity index (χ3v) is 4.16. The van der Waals surface area contributed by atoms with Crippen LogP contribution in [-0.2, 0) is 0 Å².